The summed E-state index contributed by atoms with van der Waals surface area (Å²) in [5.74, 6) is -0.420. The van der Waals surface area contributed by atoms with Crippen molar-refractivity contribution in [3.8, 4) is 11.5 Å². The number of esters is 1. The molecule has 0 heterocycles. The summed E-state index contributed by atoms with van der Waals surface area (Å²) < 4.78 is 9.97. The van der Waals surface area contributed by atoms with Crippen molar-refractivity contribution in [3.63, 3.8) is 0 Å². The van der Waals surface area contributed by atoms with Gasteiger partial charge in [0, 0.05) is 11.1 Å². The van der Waals surface area contributed by atoms with Gasteiger partial charge in [0.2, 0.25) is 0 Å². The first kappa shape index (κ1) is 16.1. The highest BCUT2D eigenvalue weighted by Gasteiger charge is 2.22. The molecule has 8 heteroatoms. The van der Waals surface area contributed by atoms with Crippen LogP contribution in [0, 0.1) is 10.1 Å². The molecule has 0 saturated carbocycles. The van der Waals surface area contributed by atoms with Crippen LogP contribution in [0.5, 0.6) is 11.5 Å². The third-order valence-electron chi connectivity index (χ3n) is 2.69. The summed E-state index contributed by atoms with van der Waals surface area (Å²) in [5, 5.41) is 11.8. The highest BCUT2D eigenvalue weighted by Crippen LogP contribution is 2.34. The molecule has 0 radical (unpaired) electrons. The highest BCUT2D eigenvalue weighted by atomic mass is 35.5. The number of halogens is 2. The zero-order valence-corrected chi connectivity index (χ0v) is 12.7. The third-order valence-corrected chi connectivity index (χ3v) is 3.24. The van der Waals surface area contributed by atoms with E-state index >= 15 is 0 Å². The van der Waals surface area contributed by atoms with E-state index in [-0.39, 0.29) is 17.1 Å². The summed E-state index contributed by atoms with van der Waals surface area (Å²) in [6.45, 7) is 0. The average molecular weight is 342 g/mol. The Kier molecular flexibility index (Phi) is 4.85. The Labute approximate surface area is 135 Å². The molecule has 0 aromatic heterocycles. The number of ether oxygens (including phenoxy) is 2. The first-order valence-corrected chi connectivity index (χ1v) is 6.67. The number of hydrogen-bond acceptors (Lipinski definition) is 5. The fourth-order valence-corrected chi connectivity index (χ4v) is 2.01. The molecule has 0 amide bonds. The normalized spacial score (nSPS) is 10.1. The standard InChI is InChI=1S/C14H9Cl2NO5/c1-21-14(18)10-4-3-9(7-12(10)17(19)20)22-13-6-8(15)2-5-11(13)16/h2-7H,1H3. The van der Waals surface area contributed by atoms with Crippen molar-refractivity contribution in [1.29, 1.82) is 0 Å². The van der Waals surface area contributed by atoms with Gasteiger partial charge in [-0.05, 0) is 24.3 Å². The van der Waals surface area contributed by atoms with Gasteiger partial charge < -0.3 is 9.47 Å². The molecule has 0 unspecified atom stereocenters. The molecule has 2 aromatic rings. The highest BCUT2D eigenvalue weighted by molar-refractivity contribution is 6.34. The van der Waals surface area contributed by atoms with Gasteiger partial charge in [-0.2, -0.15) is 0 Å². The number of rotatable bonds is 4. The second-order valence-corrected chi connectivity index (χ2v) is 4.95. The Hall–Kier alpha value is -2.31. The topological polar surface area (TPSA) is 78.7 Å². The molecular formula is C14H9Cl2NO5. The van der Waals surface area contributed by atoms with Gasteiger partial charge in [-0.1, -0.05) is 23.2 Å². The van der Waals surface area contributed by atoms with Crippen molar-refractivity contribution in [1.82, 2.24) is 0 Å². The van der Waals surface area contributed by atoms with Crippen LogP contribution in [-0.4, -0.2) is 18.0 Å². The quantitative estimate of drug-likeness (QED) is 0.465. The van der Waals surface area contributed by atoms with E-state index in [0.29, 0.717) is 10.0 Å². The molecule has 0 N–H and O–H groups in total. The van der Waals surface area contributed by atoms with Crippen LogP contribution >= 0.6 is 23.2 Å². The number of carbonyl (C=O) groups excluding carboxylic acids is 1. The minimum Gasteiger partial charge on any atom is -0.465 e. The lowest BCUT2D eigenvalue weighted by Crippen LogP contribution is -2.05. The Morgan fingerprint density at radius 1 is 1.18 bits per heavy atom. The predicted molar refractivity (Wildman–Crippen MR) is 81.0 cm³/mol. The van der Waals surface area contributed by atoms with Crippen molar-refractivity contribution in [2.75, 3.05) is 7.11 Å². The lowest BCUT2D eigenvalue weighted by Gasteiger charge is -2.09. The minimum absolute atomic E-state index is 0.142. The zero-order valence-electron chi connectivity index (χ0n) is 11.2. The van der Waals surface area contributed by atoms with Crippen LogP contribution in [0.2, 0.25) is 10.0 Å². The summed E-state index contributed by atoms with van der Waals surface area (Å²) in [6, 6.07) is 8.36. The largest absolute Gasteiger partial charge is 0.465 e. The lowest BCUT2D eigenvalue weighted by atomic mass is 10.1. The molecule has 0 saturated heterocycles. The van der Waals surface area contributed by atoms with Crippen LogP contribution in [0.25, 0.3) is 0 Å². The molecule has 0 spiro atoms. The second kappa shape index (κ2) is 6.64. The maximum absolute atomic E-state index is 11.5. The summed E-state index contributed by atoms with van der Waals surface area (Å²) >= 11 is 11.8. The van der Waals surface area contributed by atoms with Crippen LogP contribution in [0.1, 0.15) is 10.4 Å². The number of nitro benzene ring substituents is 1. The summed E-state index contributed by atoms with van der Waals surface area (Å²) in [6.07, 6.45) is 0. The minimum atomic E-state index is -0.806. The van der Waals surface area contributed by atoms with Gasteiger partial charge in [0.05, 0.1) is 23.1 Å². The Morgan fingerprint density at radius 2 is 1.91 bits per heavy atom. The van der Waals surface area contributed by atoms with Crippen molar-refractivity contribution >= 4 is 34.9 Å². The molecule has 22 heavy (non-hydrogen) atoms. The van der Waals surface area contributed by atoms with E-state index in [1.54, 1.807) is 6.07 Å². The van der Waals surface area contributed by atoms with Crippen molar-refractivity contribution < 1.29 is 19.2 Å². The predicted octanol–water partition coefficient (Wildman–Crippen LogP) is 4.48. The molecule has 0 fully saturated rings. The smallest absolute Gasteiger partial charge is 0.344 e. The lowest BCUT2D eigenvalue weighted by molar-refractivity contribution is -0.385. The maximum Gasteiger partial charge on any atom is 0.344 e. The third kappa shape index (κ3) is 3.47. The van der Waals surface area contributed by atoms with Crippen LogP contribution < -0.4 is 4.74 Å². The molecule has 2 aromatic carbocycles. The first-order chi connectivity index (χ1) is 10.4. The average Bonchev–Trinajstić information content (AvgIpc) is 2.50. The summed E-state index contributed by atoms with van der Waals surface area (Å²) in [7, 11) is 1.14. The number of benzene rings is 2. The van der Waals surface area contributed by atoms with Gasteiger partial charge in [-0.3, -0.25) is 10.1 Å². The SMILES string of the molecule is COC(=O)c1ccc(Oc2cc(Cl)ccc2Cl)cc1[N+](=O)[O-]. The second-order valence-electron chi connectivity index (χ2n) is 4.10. The Balaban J connectivity index is 2.41. The van der Waals surface area contributed by atoms with Gasteiger partial charge in [0.25, 0.3) is 5.69 Å². The van der Waals surface area contributed by atoms with Gasteiger partial charge in [-0.25, -0.2) is 4.79 Å². The van der Waals surface area contributed by atoms with E-state index < -0.39 is 16.6 Å². The van der Waals surface area contributed by atoms with Crippen LogP contribution in [-0.2, 0) is 4.74 Å². The molecule has 0 aliphatic rings. The molecule has 0 atom stereocenters. The summed E-state index contributed by atoms with van der Waals surface area (Å²) in [5.41, 5.74) is -0.598. The van der Waals surface area contributed by atoms with E-state index in [0.717, 1.165) is 13.2 Å². The maximum atomic E-state index is 11.5. The molecule has 6 nitrogen and oxygen atoms in total. The van der Waals surface area contributed by atoms with E-state index in [1.165, 1.54) is 24.3 Å². The monoisotopic (exact) mass is 341 g/mol. The molecular weight excluding hydrogens is 333 g/mol. The van der Waals surface area contributed by atoms with Crippen LogP contribution in [0.15, 0.2) is 36.4 Å². The van der Waals surface area contributed by atoms with E-state index in [4.69, 9.17) is 27.9 Å². The molecule has 114 valence electrons. The Bertz CT molecular complexity index is 748. The van der Waals surface area contributed by atoms with Gasteiger partial charge in [-0.15, -0.1) is 0 Å². The molecule has 0 aliphatic carbocycles. The fraction of sp³-hybridized carbons (Fsp3) is 0.0714. The first-order valence-electron chi connectivity index (χ1n) is 5.92. The van der Waals surface area contributed by atoms with Crippen molar-refractivity contribution in [2.45, 2.75) is 0 Å². The number of nitro groups is 1. The van der Waals surface area contributed by atoms with E-state index in [9.17, 15) is 14.9 Å². The van der Waals surface area contributed by atoms with E-state index in [2.05, 4.69) is 4.74 Å². The van der Waals surface area contributed by atoms with Crippen LogP contribution in [0.3, 0.4) is 0 Å². The van der Waals surface area contributed by atoms with Gasteiger partial charge in [0.15, 0.2) is 0 Å². The molecule has 0 aliphatic heterocycles. The van der Waals surface area contributed by atoms with Crippen LogP contribution in [0.4, 0.5) is 5.69 Å². The number of carbonyl (C=O) groups is 1. The Morgan fingerprint density at radius 3 is 2.55 bits per heavy atom. The summed E-state index contributed by atoms with van der Waals surface area (Å²) in [4.78, 5) is 21.9. The number of nitrogens with zero attached hydrogens (tertiary/aromatic N) is 1. The van der Waals surface area contributed by atoms with Gasteiger partial charge >= 0.3 is 5.97 Å². The molecule has 2 rings (SSSR count). The number of hydrogen-bond donors (Lipinski definition) is 0. The number of methoxy groups -OCH3 is 1. The van der Waals surface area contributed by atoms with Crippen molar-refractivity contribution in [3.05, 3.63) is 62.1 Å². The molecule has 0 bridgehead atoms. The van der Waals surface area contributed by atoms with E-state index in [1.807, 2.05) is 0 Å². The fourth-order valence-electron chi connectivity index (χ4n) is 1.69. The zero-order chi connectivity index (χ0) is 16.3. The van der Waals surface area contributed by atoms with Crippen molar-refractivity contribution in [2.24, 2.45) is 0 Å². The van der Waals surface area contributed by atoms with Gasteiger partial charge in [0.1, 0.15) is 17.1 Å².